The fourth-order valence-electron chi connectivity index (χ4n) is 3.04. The molecule has 8 heteroatoms. The molecule has 2 amide bonds. The van der Waals surface area contributed by atoms with Crippen LogP contribution in [0.15, 0.2) is 63.9 Å². The molecular formula is C22H16N2O5S. The Morgan fingerprint density at radius 2 is 1.83 bits per heavy atom. The lowest BCUT2D eigenvalue weighted by molar-refractivity contribution is -0.384. The molecule has 4 rings (SSSR count). The number of carbonyl (C=O) groups is 2. The van der Waals surface area contributed by atoms with Gasteiger partial charge in [0, 0.05) is 23.8 Å². The quantitative estimate of drug-likeness (QED) is 0.305. The van der Waals surface area contributed by atoms with E-state index in [-0.39, 0.29) is 15.8 Å². The van der Waals surface area contributed by atoms with Crippen molar-refractivity contribution >= 4 is 40.4 Å². The van der Waals surface area contributed by atoms with Gasteiger partial charge < -0.3 is 4.42 Å². The van der Waals surface area contributed by atoms with Crippen molar-refractivity contribution < 1.29 is 18.9 Å². The number of carbonyl (C=O) groups excluding carboxylic acids is 2. The summed E-state index contributed by atoms with van der Waals surface area (Å²) in [7, 11) is 0. The van der Waals surface area contributed by atoms with E-state index < -0.39 is 10.8 Å². The molecule has 0 bridgehead atoms. The molecule has 0 spiro atoms. The Bertz CT molecular complexity index is 1230. The number of rotatable bonds is 4. The van der Waals surface area contributed by atoms with Crippen LogP contribution in [0.4, 0.5) is 16.2 Å². The lowest BCUT2D eigenvalue weighted by atomic mass is 10.1. The molecule has 0 radical (unpaired) electrons. The maximum Gasteiger partial charge on any atom is 0.298 e. The van der Waals surface area contributed by atoms with Gasteiger partial charge in [-0.05, 0) is 61.0 Å². The minimum atomic E-state index is -0.476. The molecule has 30 heavy (non-hydrogen) atoms. The van der Waals surface area contributed by atoms with E-state index in [0.717, 1.165) is 27.8 Å². The fraction of sp³-hybridized carbons (Fsp3) is 0.0909. The Kier molecular flexibility index (Phi) is 5.01. The zero-order valence-corrected chi connectivity index (χ0v) is 16.9. The first-order chi connectivity index (χ1) is 14.3. The summed E-state index contributed by atoms with van der Waals surface area (Å²) in [6.45, 7) is 3.88. The number of hydrogen-bond acceptors (Lipinski definition) is 6. The van der Waals surface area contributed by atoms with Gasteiger partial charge in [0.25, 0.3) is 16.8 Å². The number of non-ortho nitro benzene ring substituents is 1. The van der Waals surface area contributed by atoms with E-state index >= 15 is 0 Å². The van der Waals surface area contributed by atoms with Crippen molar-refractivity contribution in [2.45, 2.75) is 13.8 Å². The van der Waals surface area contributed by atoms with Crippen LogP contribution < -0.4 is 4.90 Å². The van der Waals surface area contributed by atoms with Gasteiger partial charge in [-0.25, -0.2) is 4.90 Å². The molecule has 1 aliphatic rings. The monoisotopic (exact) mass is 420 g/mol. The van der Waals surface area contributed by atoms with Crippen LogP contribution in [0.2, 0.25) is 0 Å². The molecule has 1 aliphatic heterocycles. The van der Waals surface area contributed by atoms with Gasteiger partial charge in [0.15, 0.2) is 0 Å². The van der Waals surface area contributed by atoms with E-state index in [1.54, 1.807) is 30.3 Å². The van der Waals surface area contributed by atoms with Crippen LogP contribution in [0.3, 0.4) is 0 Å². The molecule has 2 heterocycles. The van der Waals surface area contributed by atoms with Crippen LogP contribution in [0.5, 0.6) is 0 Å². The second kappa shape index (κ2) is 7.64. The van der Waals surface area contributed by atoms with Crippen molar-refractivity contribution in [3.8, 4) is 11.3 Å². The lowest BCUT2D eigenvalue weighted by Crippen LogP contribution is -2.27. The van der Waals surface area contributed by atoms with E-state index in [1.165, 1.54) is 18.2 Å². The number of hydrogen-bond donors (Lipinski definition) is 0. The first-order valence-corrected chi connectivity index (χ1v) is 9.85. The molecule has 0 unspecified atom stereocenters. The van der Waals surface area contributed by atoms with Crippen LogP contribution in [0.1, 0.15) is 16.9 Å². The summed E-state index contributed by atoms with van der Waals surface area (Å²) in [6.07, 6.45) is 1.51. The normalized spacial score (nSPS) is 15.3. The minimum Gasteiger partial charge on any atom is -0.457 e. The van der Waals surface area contributed by atoms with E-state index in [9.17, 15) is 19.7 Å². The van der Waals surface area contributed by atoms with E-state index in [4.69, 9.17) is 4.42 Å². The fourth-order valence-corrected chi connectivity index (χ4v) is 3.86. The number of furan rings is 1. The summed E-state index contributed by atoms with van der Waals surface area (Å²) in [4.78, 5) is 37.1. The SMILES string of the molecule is Cc1ccc(N2C(=O)S/C(=C\c3ccc(-c4cccc([N+](=O)[O-])c4)o3)C2=O)cc1C. The highest BCUT2D eigenvalue weighted by atomic mass is 32.2. The van der Waals surface area contributed by atoms with Crippen molar-refractivity contribution in [1.29, 1.82) is 0 Å². The third-order valence-electron chi connectivity index (χ3n) is 4.78. The number of imide groups is 1. The highest BCUT2D eigenvalue weighted by molar-refractivity contribution is 8.19. The topological polar surface area (TPSA) is 93.7 Å². The third-order valence-corrected chi connectivity index (χ3v) is 5.65. The number of aryl methyl sites for hydroxylation is 2. The highest BCUT2D eigenvalue weighted by Gasteiger charge is 2.36. The smallest absolute Gasteiger partial charge is 0.298 e. The summed E-state index contributed by atoms with van der Waals surface area (Å²) in [5, 5.41) is 10.6. The summed E-state index contributed by atoms with van der Waals surface area (Å²) >= 11 is 0.842. The van der Waals surface area contributed by atoms with Gasteiger partial charge in [0.1, 0.15) is 11.5 Å². The first kappa shape index (κ1) is 19.7. The lowest BCUT2D eigenvalue weighted by Gasteiger charge is -2.13. The highest BCUT2D eigenvalue weighted by Crippen LogP contribution is 2.37. The van der Waals surface area contributed by atoms with Crippen LogP contribution >= 0.6 is 11.8 Å². The Hall–Kier alpha value is -3.65. The van der Waals surface area contributed by atoms with Crippen LogP contribution in [-0.2, 0) is 4.79 Å². The Morgan fingerprint density at radius 3 is 2.57 bits per heavy atom. The molecule has 150 valence electrons. The third kappa shape index (κ3) is 3.65. The summed E-state index contributed by atoms with van der Waals surface area (Å²) in [5.41, 5.74) is 3.10. The van der Waals surface area contributed by atoms with Crippen molar-refractivity contribution in [2.24, 2.45) is 0 Å². The molecule has 0 aliphatic carbocycles. The number of benzene rings is 2. The van der Waals surface area contributed by atoms with Gasteiger partial charge in [0.05, 0.1) is 15.5 Å². The molecular weight excluding hydrogens is 404 g/mol. The maximum atomic E-state index is 12.8. The summed E-state index contributed by atoms with van der Waals surface area (Å²) < 4.78 is 5.73. The van der Waals surface area contributed by atoms with E-state index in [0.29, 0.717) is 22.8 Å². The predicted molar refractivity (Wildman–Crippen MR) is 115 cm³/mol. The molecule has 2 aromatic carbocycles. The van der Waals surface area contributed by atoms with Gasteiger partial charge in [-0.1, -0.05) is 18.2 Å². The molecule has 1 aromatic heterocycles. The molecule has 0 saturated carbocycles. The predicted octanol–water partition coefficient (Wildman–Crippen LogP) is 5.71. The summed E-state index contributed by atoms with van der Waals surface area (Å²) in [5.74, 6) is 0.391. The molecule has 0 N–H and O–H groups in total. The van der Waals surface area contributed by atoms with Gasteiger partial charge in [0.2, 0.25) is 0 Å². The average molecular weight is 420 g/mol. The van der Waals surface area contributed by atoms with Gasteiger partial charge in [-0.2, -0.15) is 0 Å². The molecule has 1 fully saturated rings. The van der Waals surface area contributed by atoms with Crippen molar-refractivity contribution in [3.63, 3.8) is 0 Å². The number of nitro groups is 1. The van der Waals surface area contributed by atoms with Gasteiger partial charge >= 0.3 is 0 Å². The van der Waals surface area contributed by atoms with Crippen molar-refractivity contribution in [1.82, 2.24) is 0 Å². The zero-order valence-electron chi connectivity index (χ0n) is 16.1. The van der Waals surface area contributed by atoms with Gasteiger partial charge in [-0.15, -0.1) is 0 Å². The first-order valence-electron chi connectivity index (χ1n) is 9.03. The average Bonchev–Trinajstić information content (AvgIpc) is 3.29. The molecule has 1 saturated heterocycles. The second-order valence-electron chi connectivity index (χ2n) is 6.80. The Balaban J connectivity index is 1.61. The number of nitrogens with zero attached hydrogens (tertiary/aromatic N) is 2. The maximum absolute atomic E-state index is 12.8. The Labute approximate surface area is 176 Å². The standard InChI is InChI=1S/C22H16N2O5S/c1-13-6-7-16(10-14(13)2)23-21(25)20(30-22(23)26)12-18-8-9-19(29-18)15-4-3-5-17(11-15)24(27)28/h3-12H,1-2H3/b20-12-. The Morgan fingerprint density at radius 1 is 1.03 bits per heavy atom. The number of amides is 2. The summed E-state index contributed by atoms with van der Waals surface area (Å²) in [6, 6.07) is 14.8. The van der Waals surface area contributed by atoms with Crippen molar-refractivity contribution in [3.05, 3.63) is 86.5 Å². The van der Waals surface area contributed by atoms with Crippen LogP contribution in [-0.4, -0.2) is 16.1 Å². The number of thioether (sulfide) groups is 1. The van der Waals surface area contributed by atoms with Crippen LogP contribution in [0.25, 0.3) is 17.4 Å². The van der Waals surface area contributed by atoms with E-state index in [2.05, 4.69) is 0 Å². The number of nitro benzene ring substituents is 1. The second-order valence-corrected chi connectivity index (χ2v) is 7.79. The van der Waals surface area contributed by atoms with Crippen molar-refractivity contribution in [2.75, 3.05) is 4.90 Å². The number of anilines is 1. The molecule has 0 atom stereocenters. The molecule has 7 nitrogen and oxygen atoms in total. The van der Waals surface area contributed by atoms with Gasteiger partial charge in [-0.3, -0.25) is 19.7 Å². The zero-order chi connectivity index (χ0) is 21.4. The minimum absolute atomic E-state index is 0.0417. The molecule has 3 aromatic rings. The van der Waals surface area contributed by atoms with E-state index in [1.807, 2.05) is 26.0 Å². The largest absolute Gasteiger partial charge is 0.457 e. The van der Waals surface area contributed by atoms with Crippen LogP contribution in [0, 0.1) is 24.0 Å².